The number of hydrogen-bond donors (Lipinski definition) is 0. The van der Waals surface area contributed by atoms with E-state index in [2.05, 4.69) is 57.2 Å². The molecule has 0 saturated heterocycles. The van der Waals surface area contributed by atoms with Gasteiger partial charge >= 0.3 is 0 Å². The van der Waals surface area contributed by atoms with Crippen molar-refractivity contribution >= 4 is 27.8 Å². The smallest absolute Gasteiger partial charge is 0.224 e. The maximum absolute atomic E-state index is 13.3. The minimum Gasteiger partial charge on any atom is -0.281 e. The summed E-state index contributed by atoms with van der Waals surface area (Å²) in [7, 11) is 0. The summed E-state index contributed by atoms with van der Waals surface area (Å²) in [6.45, 7) is 8.23. The lowest BCUT2D eigenvalue weighted by atomic mass is 10.00. The van der Waals surface area contributed by atoms with Crippen LogP contribution in [-0.4, -0.2) is 10.1 Å². The van der Waals surface area contributed by atoms with Crippen LogP contribution in [0.4, 0.5) is 0 Å². The first-order chi connectivity index (χ1) is 13.9. The largest absolute Gasteiger partial charge is 0.281 e. The molecular formula is C26H23NOS. The number of benzene rings is 3. The molecule has 0 unspecified atom stereocenters. The molecule has 144 valence electrons. The van der Waals surface area contributed by atoms with E-state index >= 15 is 0 Å². The number of rotatable bonds is 3. The van der Waals surface area contributed by atoms with Gasteiger partial charge in [0.25, 0.3) is 0 Å². The lowest BCUT2D eigenvalue weighted by Crippen LogP contribution is -2.00. The predicted octanol–water partition coefficient (Wildman–Crippen LogP) is 7.07. The van der Waals surface area contributed by atoms with Crippen molar-refractivity contribution in [2.75, 3.05) is 0 Å². The highest BCUT2D eigenvalue weighted by Crippen LogP contribution is 2.32. The van der Waals surface area contributed by atoms with Crippen LogP contribution in [0.15, 0.2) is 71.6 Å². The fourth-order valence-electron chi connectivity index (χ4n) is 3.49. The monoisotopic (exact) mass is 397 g/mol. The summed E-state index contributed by atoms with van der Waals surface area (Å²) in [4.78, 5) is 19.2. The number of carbonyl (C=O) groups excluding carboxylic acids is 1. The Balaban J connectivity index is 1.86. The Bertz CT molecular complexity index is 1210. The average Bonchev–Trinajstić information content (AvgIpc) is 2.69. The van der Waals surface area contributed by atoms with Gasteiger partial charge < -0.3 is 0 Å². The summed E-state index contributed by atoms with van der Waals surface area (Å²) in [5.41, 5.74) is 8.06. The third kappa shape index (κ3) is 4.10. The van der Waals surface area contributed by atoms with E-state index in [4.69, 9.17) is 4.98 Å². The van der Waals surface area contributed by atoms with Crippen LogP contribution in [0.3, 0.4) is 0 Å². The average molecular weight is 398 g/mol. The molecule has 1 heterocycles. The third-order valence-electron chi connectivity index (χ3n) is 5.05. The molecule has 0 aliphatic heterocycles. The van der Waals surface area contributed by atoms with Gasteiger partial charge in [0.2, 0.25) is 5.12 Å². The molecule has 0 bridgehead atoms. The Morgan fingerprint density at radius 2 is 1.38 bits per heavy atom. The number of carbonyl (C=O) groups is 1. The van der Waals surface area contributed by atoms with E-state index in [1.54, 1.807) is 0 Å². The molecule has 3 aromatic carbocycles. The van der Waals surface area contributed by atoms with Crippen molar-refractivity contribution in [3.05, 3.63) is 94.5 Å². The van der Waals surface area contributed by atoms with Gasteiger partial charge in [-0.15, -0.1) is 0 Å². The number of fused-ring (bicyclic) bond motifs is 1. The zero-order valence-corrected chi connectivity index (χ0v) is 17.9. The molecule has 0 aliphatic carbocycles. The molecule has 4 aromatic rings. The van der Waals surface area contributed by atoms with E-state index < -0.39 is 0 Å². The zero-order valence-electron chi connectivity index (χ0n) is 17.1. The SMILES string of the molecule is Cc1ccc(SC(=O)c2cc(-c3ccc(C)cc3)nc3c(C)cc(C)cc23)cc1. The van der Waals surface area contributed by atoms with Gasteiger partial charge in [0.1, 0.15) is 0 Å². The van der Waals surface area contributed by atoms with Gasteiger partial charge in [-0.2, -0.15) is 0 Å². The Morgan fingerprint density at radius 1 is 0.759 bits per heavy atom. The van der Waals surface area contributed by atoms with Crippen LogP contribution in [-0.2, 0) is 0 Å². The summed E-state index contributed by atoms with van der Waals surface area (Å²) in [6, 6.07) is 22.5. The number of aryl methyl sites for hydroxylation is 4. The lowest BCUT2D eigenvalue weighted by molar-refractivity contribution is 0.109. The highest BCUT2D eigenvalue weighted by Gasteiger charge is 2.17. The Hall–Kier alpha value is -2.91. The molecule has 0 spiro atoms. The standard InChI is InChI=1S/C26H23NOS/c1-16-5-9-20(10-6-16)24-15-23(22-14-18(3)13-19(4)25(22)27-24)26(28)29-21-11-7-17(2)8-12-21/h5-15H,1-4H3. The molecule has 29 heavy (non-hydrogen) atoms. The lowest BCUT2D eigenvalue weighted by Gasteiger charge is -2.12. The van der Waals surface area contributed by atoms with Crippen LogP contribution < -0.4 is 0 Å². The molecule has 4 rings (SSSR count). The van der Waals surface area contributed by atoms with Crippen molar-refractivity contribution in [2.24, 2.45) is 0 Å². The highest BCUT2D eigenvalue weighted by atomic mass is 32.2. The molecule has 0 saturated carbocycles. The second-order valence-corrected chi connectivity index (χ2v) is 8.65. The number of thioether (sulfide) groups is 1. The minimum absolute atomic E-state index is 0.0413. The molecule has 0 atom stereocenters. The van der Waals surface area contributed by atoms with Crippen LogP contribution in [0.1, 0.15) is 32.6 Å². The second kappa shape index (κ2) is 7.84. The first-order valence-electron chi connectivity index (χ1n) is 9.68. The van der Waals surface area contributed by atoms with Crippen molar-refractivity contribution in [3.63, 3.8) is 0 Å². The van der Waals surface area contributed by atoms with Gasteiger partial charge in [0, 0.05) is 21.4 Å². The maximum Gasteiger partial charge on any atom is 0.224 e. The minimum atomic E-state index is 0.0413. The first-order valence-corrected chi connectivity index (χ1v) is 10.5. The van der Waals surface area contributed by atoms with Gasteiger partial charge in [-0.3, -0.25) is 4.79 Å². The molecule has 0 radical (unpaired) electrons. The van der Waals surface area contributed by atoms with Crippen LogP contribution >= 0.6 is 11.8 Å². The first kappa shape index (κ1) is 19.4. The van der Waals surface area contributed by atoms with E-state index in [-0.39, 0.29) is 5.12 Å². The van der Waals surface area contributed by atoms with E-state index in [0.717, 1.165) is 38.2 Å². The summed E-state index contributed by atoms with van der Waals surface area (Å²) >= 11 is 1.27. The Kier molecular flexibility index (Phi) is 5.25. The molecule has 0 amide bonds. The normalized spacial score (nSPS) is 11.0. The van der Waals surface area contributed by atoms with Crippen molar-refractivity contribution in [1.82, 2.24) is 4.98 Å². The fraction of sp³-hybridized carbons (Fsp3) is 0.154. The van der Waals surface area contributed by atoms with E-state index in [1.165, 1.54) is 22.9 Å². The topological polar surface area (TPSA) is 30.0 Å². The van der Waals surface area contributed by atoms with E-state index in [9.17, 15) is 4.79 Å². The van der Waals surface area contributed by atoms with Crippen LogP contribution in [0.2, 0.25) is 0 Å². The molecule has 0 fully saturated rings. The summed E-state index contributed by atoms with van der Waals surface area (Å²) < 4.78 is 0. The Morgan fingerprint density at radius 3 is 2.03 bits per heavy atom. The number of aromatic nitrogens is 1. The summed E-state index contributed by atoms with van der Waals surface area (Å²) in [5.74, 6) is 0. The zero-order chi connectivity index (χ0) is 20.5. The quantitative estimate of drug-likeness (QED) is 0.346. The molecule has 1 aromatic heterocycles. The number of hydrogen-bond acceptors (Lipinski definition) is 3. The molecule has 2 nitrogen and oxygen atoms in total. The highest BCUT2D eigenvalue weighted by molar-refractivity contribution is 8.14. The summed E-state index contributed by atoms with van der Waals surface area (Å²) in [5, 5.41) is 0.961. The van der Waals surface area contributed by atoms with Gasteiger partial charge in [0.15, 0.2) is 0 Å². The second-order valence-electron chi connectivity index (χ2n) is 7.60. The molecule has 3 heteroatoms. The van der Waals surface area contributed by atoms with Gasteiger partial charge in [-0.25, -0.2) is 4.98 Å². The van der Waals surface area contributed by atoms with Crippen LogP contribution in [0, 0.1) is 27.7 Å². The van der Waals surface area contributed by atoms with Crippen molar-refractivity contribution < 1.29 is 4.79 Å². The van der Waals surface area contributed by atoms with Crippen LogP contribution in [0.5, 0.6) is 0 Å². The van der Waals surface area contributed by atoms with Crippen molar-refractivity contribution in [2.45, 2.75) is 32.6 Å². The predicted molar refractivity (Wildman–Crippen MR) is 123 cm³/mol. The van der Waals surface area contributed by atoms with Crippen LogP contribution in [0.25, 0.3) is 22.2 Å². The Labute approximate surface area is 176 Å². The van der Waals surface area contributed by atoms with Crippen molar-refractivity contribution in [3.8, 4) is 11.3 Å². The maximum atomic E-state index is 13.3. The van der Waals surface area contributed by atoms with Gasteiger partial charge in [-0.05, 0) is 69.3 Å². The summed E-state index contributed by atoms with van der Waals surface area (Å²) in [6.07, 6.45) is 0. The fourth-order valence-corrected chi connectivity index (χ4v) is 4.26. The van der Waals surface area contributed by atoms with E-state index in [1.807, 2.05) is 37.3 Å². The molecule has 0 aliphatic rings. The number of nitrogens with zero attached hydrogens (tertiary/aromatic N) is 1. The molecular weight excluding hydrogens is 374 g/mol. The van der Waals surface area contributed by atoms with Gasteiger partial charge in [-0.1, -0.05) is 59.2 Å². The number of pyridine rings is 1. The van der Waals surface area contributed by atoms with E-state index in [0.29, 0.717) is 5.56 Å². The van der Waals surface area contributed by atoms with Crippen molar-refractivity contribution in [1.29, 1.82) is 0 Å². The van der Waals surface area contributed by atoms with Gasteiger partial charge in [0.05, 0.1) is 11.2 Å². The third-order valence-corrected chi connectivity index (χ3v) is 5.96. The molecule has 0 N–H and O–H groups in total.